The second-order valence-corrected chi connectivity index (χ2v) is 6.95. The number of anilines is 1. The Morgan fingerprint density at radius 3 is 2.43 bits per heavy atom. The lowest BCUT2D eigenvalue weighted by atomic mass is 10.1. The molecule has 0 bridgehead atoms. The molecule has 3 N–H and O–H groups in total. The Morgan fingerprint density at radius 1 is 1.14 bits per heavy atom. The summed E-state index contributed by atoms with van der Waals surface area (Å²) in [6, 6.07) is 10.2. The van der Waals surface area contributed by atoms with Crippen molar-refractivity contribution in [2.24, 2.45) is 5.73 Å². The van der Waals surface area contributed by atoms with E-state index in [1.54, 1.807) is 18.2 Å². The van der Waals surface area contributed by atoms with Crippen molar-refractivity contribution in [1.82, 2.24) is 0 Å². The summed E-state index contributed by atoms with van der Waals surface area (Å²) in [5, 5.41) is 0.162. The van der Waals surface area contributed by atoms with Crippen LogP contribution in [0.5, 0.6) is 0 Å². The first-order valence-corrected chi connectivity index (χ1v) is 8.28. The third-order valence-electron chi connectivity index (χ3n) is 3.15. The summed E-state index contributed by atoms with van der Waals surface area (Å²) in [7, 11) is -3.73. The molecule has 6 heteroatoms. The van der Waals surface area contributed by atoms with Crippen LogP contribution in [-0.2, 0) is 16.6 Å². The van der Waals surface area contributed by atoms with Crippen molar-refractivity contribution in [3.63, 3.8) is 0 Å². The summed E-state index contributed by atoms with van der Waals surface area (Å²) < 4.78 is 27.4. The molecule has 0 aliphatic rings. The van der Waals surface area contributed by atoms with E-state index >= 15 is 0 Å². The Balaban J connectivity index is 2.38. The average Bonchev–Trinajstić information content (AvgIpc) is 2.41. The third-order valence-corrected chi connectivity index (χ3v) is 5.00. The fourth-order valence-electron chi connectivity index (χ4n) is 2.02. The average molecular weight is 325 g/mol. The molecule has 0 heterocycles. The van der Waals surface area contributed by atoms with E-state index in [-0.39, 0.29) is 9.92 Å². The smallest absolute Gasteiger partial charge is 0.263 e. The molecule has 2 aromatic carbocycles. The number of rotatable bonds is 4. The fourth-order valence-corrected chi connectivity index (χ4v) is 3.72. The van der Waals surface area contributed by atoms with Crippen molar-refractivity contribution in [3.8, 4) is 0 Å². The van der Waals surface area contributed by atoms with Crippen molar-refractivity contribution in [3.05, 3.63) is 58.1 Å². The van der Waals surface area contributed by atoms with Gasteiger partial charge in [-0.25, -0.2) is 8.42 Å². The first-order valence-electron chi connectivity index (χ1n) is 6.42. The molecule has 0 radical (unpaired) electrons. The van der Waals surface area contributed by atoms with Gasteiger partial charge in [-0.3, -0.25) is 4.72 Å². The molecule has 0 aromatic heterocycles. The Bertz CT molecular complexity index is 773. The molecule has 2 rings (SSSR count). The SMILES string of the molecule is Cc1ccc(NS(=O)(=O)c2ccc(CN)cc2Cl)c(C)c1. The molecule has 112 valence electrons. The van der Waals surface area contributed by atoms with E-state index in [0.29, 0.717) is 12.2 Å². The van der Waals surface area contributed by atoms with E-state index in [9.17, 15) is 8.42 Å². The molecule has 0 atom stereocenters. The molecular weight excluding hydrogens is 308 g/mol. The summed E-state index contributed by atoms with van der Waals surface area (Å²) in [4.78, 5) is 0.0429. The summed E-state index contributed by atoms with van der Waals surface area (Å²) in [6.07, 6.45) is 0. The van der Waals surface area contributed by atoms with Gasteiger partial charge in [0.15, 0.2) is 0 Å². The van der Waals surface area contributed by atoms with E-state index in [2.05, 4.69) is 4.72 Å². The second kappa shape index (κ2) is 6.05. The molecular formula is C15H17ClN2O2S. The molecule has 0 saturated carbocycles. The molecule has 4 nitrogen and oxygen atoms in total. The maximum absolute atomic E-state index is 12.4. The number of hydrogen-bond donors (Lipinski definition) is 2. The molecule has 0 saturated heterocycles. The van der Waals surface area contributed by atoms with Gasteiger partial charge in [-0.2, -0.15) is 0 Å². The van der Waals surface area contributed by atoms with Gasteiger partial charge in [-0.15, -0.1) is 0 Å². The van der Waals surface area contributed by atoms with Gasteiger partial charge in [-0.1, -0.05) is 35.4 Å². The van der Waals surface area contributed by atoms with Crippen LogP contribution in [0.15, 0.2) is 41.3 Å². The van der Waals surface area contributed by atoms with Crippen LogP contribution in [0.4, 0.5) is 5.69 Å². The highest BCUT2D eigenvalue weighted by atomic mass is 35.5. The Kier molecular flexibility index (Phi) is 4.56. The first-order chi connectivity index (χ1) is 9.83. The van der Waals surface area contributed by atoms with Crippen molar-refractivity contribution >= 4 is 27.3 Å². The van der Waals surface area contributed by atoms with Gasteiger partial charge in [0.2, 0.25) is 0 Å². The van der Waals surface area contributed by atoms with E-state index < -0.39 is 10.0 Å². The lowest BCUT2D eigenvalue weighted by molar-refractivity contribution is 0.601. The number of nitrogens with one attached hydrogen (secondary N) is 1. The number of hydrogen-bond acceptors (Lipinski definition) is 3. The minimum absolute atomic E-state index is 0.0429. The van der Waals surface area contributed by atoms with Gasteiger partial charge < -0.3 is 5.73 Å². The minimum Gasteiger partial charge on any atom is -0.326 e. The van der Waals surface area contributed by atoms with Crippen LogP contribution >= 0.6 is 11.6 Å². The van der Waals surface area contributed by atoms with Gasteiger partial charge in [-0.05, 0) is 43.2 Å². The van der Waals surface area contributed by atoms with Crippen LogP contribution in [0, 0.1) is 13.8 Å². The topological polar surface area (TPSA) is 72.2 Å². The van der Waals surface area contributed by atoms with E-state index in [0.717, 1.165) is 16.7 Å². The highest BCUT2D eigenvalue weighted by Gasteiger charge is 2.19. The molecule has 0 fully saturated rings. The van der Waals surface area contributed by atoms with Crippen LogP contribution in [0.1, 0.15) is 16.7 Å². The standard InChI is InChI=1S/C15H17ClN2O2S/c1-10-3-5-14(11(2)7-10)18-21(19,20)15-6-4-12(9-17)8-13(15)16/h3-8,18H,9,17H2,1-2H3. The van der Waals surface area contributed by atoms with Crippen molar-refractivity contribution < 1.29 is 8.42 Å². The first kappa shape index (κ1) is 15.8. The van der Waals surface area contributed by atoms with Crippen molar-refractivity contribution in [2.45, 2.75) is 25.3 Å². The molecule has 0 amide bonds. The van der Waals surface area contributed by atoms with Crippen LogP contribution in [0.25, 0.3) is 0 Å². The number of benzene rings is 2. The van der Waals surface area contributed by atoms with Crippen molar-refractivity contribution in [2.75, 3.05) is 4.72 Å². The van der Waals surface area contributed by atoms with Crippen LogP contribution in [-0.4, -0.2) is 8.42 Å². The zero-order valence-electron chi connectivity index (χ0n) is 11.9. The van der Waals surface area contributed by atoms with Gasteiger partial charge in [0.25, 0.3) is 10.0 Å². The Labute approximate surface area is 130 Å². The normalized spacial score (nSPS) is 11.4. The number of sulfonamides is 1. The second-order valence-electron chi connectivity index (χ2n) is 4.89. The van der Waals surface area contributed by atoms with E-state index in [4.69, 9.17) is 17.3 Å². The monoisotopic (exact) mass is 324 g/mol. The van der Waals surface area contributed by atoms with Gasteiger partial charge >= 0.3 is 0 Å². The summed E-state index contributed by atoms with van der Waals surface area (Å²) >= 11 is 6.05. The number of halogens is 1. The zero-order chi connectivity index (χ0) is 15.6. The quantitative estimate of drug-likeness (QED) is 0.907. The predicted octanol–water partition coefficient (Wildman–Crippen LogP) is 3.22. The van der Waals surface area contributed by atoms with Gasteiger partial charge in [0.1, 0.15) is 4.90 Å². The highest BCUT2D eigenvalue weighted by molar-refractivity contribution is 7.92. The zero-order valence-corrected chi connectivity index (χ0v) is 13.4. The lowest BCUT2D eigenvalue weighted by Gasteiger charge is -2.12. The predicted molar refractivity (Wildman–Crippen MR) is 86.1 cm³/mol. The molecule has 0 spiro atoms. The Morgan fingerprint density at radius 2 is 1.86 bits per heavy atom. The summed E-state index contributed by atoms with van der Waals surface area (Å²) in [5.74, 6) is 0. The minimum atomic E-state index is -3.73. The maximum Gasteiger partial charge on any atom is 0.263 e. The van der Waals surface area contributed by atoms with Crippen molar-refractivity contribution in [1.29, 1.82) is 0 Å². The lowest BCUT2D eigenvalue weighted by Crippen LogP contribution is -2.14. The van der Waals surface area contributed by atoms with Crippen LogP contribution in [0.2, 0.25) is 5.02 Å². The number of nitrogens with two attached hydrogens (primary N) is 1. The molecule has 0 unspecified atom stereocenters. The summed E-state index contributed by atoms with van der Waals surface area (Å²) in [6.45, 7) is 4.11. The largest absolute Gasteiger partial charge is 0.326 e. The maximum atomic E-state index is 12.4. The molecule has 0 aliphatic carbocycles. The van der Waals surface area contributed by atoms with E-state index in [1.807, 2.05) is 26.0 Å². The van der Waals surface area contributed by atoms with E-state index in [1.165, 1.54) is 6.07 Å². The molecule has 0 aliphatic heterocycles. The highest BCUT2D eigenvalue weighted by Crippen LogP contribution is 2.26. The molecule has 2 aromatic rings. The van der Waals surface area contributed by atoms with Gasteiger partial charge in [0, 0.05) is 6.54 Å². The number of aryl methyl sites for hydroxylation is 2. The van der Waals surface area contributed by atoms with Crippen LogP contribution in [0.3, 0.4) is 0 Å². The fraction of sp³-hybridized carbons (Fsp3) is 0.200. The third kappa shape index (κ3) is 3.56. The summed E-state index contributed by atoms with van der Waals surface area (Å²) in [5.41, 5.74) is 8.76. The van der Waals surface area contributed by atoms with Crippen LogP contribution < -0.4 is 10.5 Å². The Hall–Kier alpha value is -1.56. The molecule has 21 heavy (non-hydrogen) atoms. The van der Waals surface area contributed by atoms with Gasteiger partial charge in [0.05, 0.1) is 10.7 Å².